The van der Waals surface area contributed by atoms with Gasteiger partial charge in [0.1, 0.15) is 12.4 Å². The zero-order valence-electron chi connectivity index (χ0n) is 18.3. The topological polar surface area (TPSA) is 71.7 Å². The number of carbonyl (C=O) groups is 1. The van der Waals surface area contributed by atoms with E-state index < -0.39 is 14.0 Å². The van der Waals surface area contributed by atoms with Crippen molar-refractivity contribution in [3.63, 3.8) is 0 Å². The van der Waals surface area contributed by atoms with Gasteiger partial charge in [-0.05, 0) is 49.3 Å². The number of aryl methyl sites for hydroxylation is 1. The molecule has 1 rings (SSSR count). The molecule has 0 spiro atoms. The lowest BCUT2D eigenvalue weighted by Gasteiger charge is -2.19. The lowest BCUT2D eigenvalue weighted by atomic mass is 9.89. The van der Waals surface area contributed by atoms with Gasteiger partial charge in [-0.25, -0.2) is 4.79 Å². The second kappa shape index (κ2) is 11.6. The zero-order valence-corrected chi connectivity index (χ0v) is 19.3. The van der Waals surface area contributed by atoms with Gasteiger partial charge in [0.2, 0.25) is 0 Å². The molecule has 1 atom stereocenters. The van der Waals surface area contributed by atoms with Crippen molar-refractivity contribution in [2.45, 2.75) is 77.9 Å². The van der Waals surface area contributed by atoms with E-state index in [-0.39, 0.29) is 30.9 Å². The molecule has 5 nitrogen and oxygen atoms in total. The summed E-state index contributed by atoms with van der Waals surface area (Å²) in [6.07, 6.45) is 5.65. The lowest BCUT2D eigenvalue weighted by molar-refractivity contribution is 0.0612. The maximum atomic E-state index is 12.1. The van der Waals surface area contributed by atoms with Crippen LogP contribution in [0.1, 0.15) is 60.8 Å². The molecule has 160 valence electrons. The van der Waals surface area contributed by atoms with Gasteiger partial charge in [-0.2, -0.15) is 0 Å². The Hall–Kier alpha value is -1.37. The molecule has 1 heterocycles. The van der Waals surface area contributed by atoms with Crippen molar-refractivity contribution in [1.29, 1.82) is 0 Å². The summed E-state index contributed by atoms with van der Waals surface area (Å²) in [4.78, 5) is 12.1. The van der Waals surface area contributed by atoms with Crippen molar-refractivity contribution in [3.8, 4) is 0 Å². The number of aliphatic hydroxyl groups is 1. The Morgan fingerprint density at radius 1 is 1.32 bits per heavy atom. The third kappa shape index (κ3) is 7.57. The monoisotopic (exact) mass is 409 g/mol. The quantitative estimate of drug-likeness (QED) is 0.254. The van der Waals surface area contributed by atoms with Crippen LogP contribution in [0.2, 0.25) is 25.7 Å². The first kappa shape index (κ1) is 24.7. The molecule has 0 aromatic carbocycles. The molecule has 0 unspecified atom stereocenters. The summed E-state index contributed by atoms with van der Waals surface area (Å²) >= 11 is 0. The van der Waals surface area contributed by atoms with Crippen LogP contribution < -0.4 is 0 Å². The van der Waals surface area contributed by atoms with Crippen LogP contribution in [0.3, 0.4) is 0 Å². The first-order valence-electron chi connectivity index (χ1n) is 10.4. The van der Waals surface area contributed by atoms with Gasteiger partial charge in [-0.3, -0.25) is 0 Å². The fraction of sp³-hybridized carbons (Fsp3) is 0.682. The third-order valence-corrected chi connectivity index (χ3v) is 6.83. The van der Waals surface area contributed by atoms with Crippen LogP contribution in [-0.4, -0.2) is 42.0 Å². The van der Waals surface area contributed by atoms with Gasteiger partial charge < -0.3 is 19.5 Å². The number of rotatable bonds is 14. The molecule has 0 saturated carbocycles. The maximum Gasteiger partial charge on any atom is 0.352 e. The second-order valence-electron chi connectivity index (χ2n) is 9.09. The predicted molar refractivity (Wildman–Crippen MR) is 118 cm³/mol. The zero-order chi connectivity index (χ0) is 21.3. The minimum Gasteiger partial charge on any atom is -0.477 e. The number of ether oxygens (including phenoxy) is 1. The number of carboxylic acid groups (broad SMARTS) is 1. The highest BCUT2D eigenvalue weighted by atomic mass is 28.3. The van der Waals surface area contributed by atoms with Crippen molar-refractivity contribution >= 4 is 14.0 Å². The van der Waals surface area contributed by atoms with Crippen LogP contribution in [0.4, 0.5) is 0 Å². The fourth-order valence-electron chi connectivity index (χ4n) is 3.30. The van der Waals surface area contributed by atoms with Gasteiger partial charge in [0.25, 0.3) is 0 Å². The van der Waals surface area contributed by atoms with E-state index in [0.29, 0.717) is 6.61 Å². The Morgan fingerprint density at radius 3 is 2.50 bits per heavy atom. The molecule has 1 aromatic heterocycles. The molecule has 0 fully saturated rings. The largest absolute Gasteiger partial charge is 0.477 e. The van der Waals surface area contributed by atoms with Crippen LogP contribution in [0.5, 0.6) is 0 Å². The number of aromatic carboxylic acids is 1. The smallest absolute Gasteiger partial charge is 0.352 e. The molecule has 2 N–H and O–H groups in total. The molecule has 0 aliphatic heterocycles. The van der Waals surface area contributed by atoms with Crippen molar-refractivity contribution < 1.29 is 19.7 Å². The molecule has 6 heteroatoms. The van der Waals surface area contributed by atoms with E-state index in [4.69, 9.17) is 4.74 Å². The van der Waals surface area contributed by atoms with E-state index in [1.807, 2.05) is 26.0 Å². The summed E-state index contributed by atoms with van der Waals surface area (Å²) in [5, 5.41) is 19.8. The van der Waals surface area contributed by atoms with Gasteiger partial charge in [0.05, 0.1) is 6.61 Å². The number of carboxylic acids is 1. The Bertz CT molecular complexity index is 631. The summed E-state index contributed by atoms with van der Waals surface area (Å²) in [5.41, 5.74) is 1.96. The third-order valence-electron chi connectivity index (χ3n) is 5.12. The molecule has 0 amide bonds. The first-order chi connectivity index (χ1) is 13.1. The molecular weight excluding hydrogens is 370 g/mol. The van der Waals surface area contributed by atoms with Crippen molar-refractivity contribution in [2.24, 2.45) is 5.92 Å². The molecule has 0 aliphatic rings. The molecule has 0 saturated heterocycles. The van der Waals surface area contributed by atoms with Gasteiger partial charge >= 0.3 is 5.97 Å². The number of aromatic nitrogens is 1. The number of hydrogen-bond donors (Lipinski definition) is 2. The Morgan fingerprint density at radius 2 is 2.00 bits per heavy atom. The van der Waals surface area contributed by atoms with Gasteiger partial charge in [0.15, 0.2) is 0 Å². The highest BCUT2D eigenvalue weighted by Gasteiger charge is 2.27. The summed E-state index contributed by atoms with van der Waals surface area (Å²) < 4.78 is 7.70. The van der Waals surface area contributed by atoms with Crippen LogP contribution in [0.15, 0.2) is 18.7 Å². The minimum atomic E-state index is -1.20. The summed E-state index contributed by atoms with van der Waals surface area (Å²) in [5.74, 6) is -0.998. The van der Waals surface area contributed by atoms with E-state index in [2.05, 4.69) is 26.2 Å². The summed E-state index contributed by atoms with van der Waals surface area (Å²) in [6, 6.07) is 3.02. The van der Waals surface area contributed by atoms with Crippen LogP contribution in [0, 0.1) is 5.92 Å². The van der Waals surface area contributed by atoms with Crippen LogP contribution in [-0.2, 0) is 17.9 Å². The minimum absolute atomic E-state index is 0.0612. The van der Waals surface area contributed by atoms with Crippen LogP contribution >= 0.6 is 0 Å². The van der Waals surface area contributed by atoms with E-state index in [1.165, 1.54) is 0 Å². The van der Waals surface area contributed by atoms with Gasteiger partial charge in [0, 0.05) is 26.3 Å². The van der Waals surface area contributed by atoms with E-state index in [9.17, 15) is 15.0 Å². The molecule has 0 aliphatic carbocycles. The number of hydrogen-bond acceptors (Lipinski definition) is 3. The summed E-state index contributed by atoms with van der Waals surface area (Å²) in [6.45, 7) is 15.5. The van der Waals surface area contributed by atoms with Crippen molar-refractivity contribution in [1.82, 2.24) is 4.57 Å². The number of allylic oxidation sites excluding steroid dienone is 1. The number of aliphatic hydroxyl groups excluding tert-OH is 1. The van der Waals surface area contributed by atoms with E-state index >= 15 is 0 Å². The number of nitrogens with zero attached hydrogens (tertiary/aromatic N) is 1. The van der Waals surface area contributed by atoms with Gasteiger partial charge in [-0.1, -0.05) is 39.6 Å². The average molecular weight is 410 g/mol. The van der Waals surface area contributed by atoms with Crippen molar-refractivity contribution in [2.75, 3.05) is 13.2 Å². The second-order valence-corrected chi connectivity index (χ2v) is 14.7. The number of unbranched alkanes of at least 4 members (excludes halogenated alkanes) is 2. The standard InChI is InChI=1S/C22H39NO4Si/c1-7-8-9-10-11-18-14-19(20(15-24)17(2)3)21(22(25)26)23(18)16-27-12-13-28(4,5)6/h7,14,17,20,24H,1,8-13,15-16H2,2-6H3,(H,25,26)/t20-/m1/s1. The molecular formula is C22H39NO4Si. The van der Waals surface area contributed by atoms with E-state index in [1.54, 1.807) is 4.57 Å². The van der Waals surface area contributed by atoms with Crippen molar-refractivity contribution in [3.05, 3.63) is 35.7 Å². The molecule has 1 aromatic rings. The highest BCUT2D eigenvalue weighted by molar-refractivity contribution is 6.76. The van der Waals surface area contributed by atoms with Crippen LogP contribution in [0.25, 0.3) is 0 Å². The predicted octanol–water partition coefficient (Wildman–Crippen LogP) is 5.13. The molecule has 0 radical (unpaired) electrons. The Kier molecular flexibility index (Phi) is 10.2. The van der Waals surface area contributed by atoms with E-state index in [0.717, 1.165) is 43.0 Å². The first-order valence-corrected chi connectivity index (χ1v) is 14.1. The Balaban J connectivity index is 3.15. The SMILES string of the molecule is C=CCCCCc1cc([C@H](CO)C(C)C)c(C(=O)O)n1COCC[Si](C)(C)C. The summed E-state index contributed by atoms with van der Waals surface area (Å²) in [7, 11) is -1.20. The van der Waals surface area contributed by atoms with Gasteiger partial charge in [-0.15, -0.1) is 6.58 Å². The molecule has 0 bridgehead atoms. The molecule has 28 heavy (non-hydrogen) atoms. The Labute approximate surface area is 171 Å². The lowest BCUT2D eigenvalue weighted by Crippen LogP contribution is -2.23. The average Bonchev–Trinajstić information content (AvgIpc) is 2.93. The normalized spacial score (nSPS) is 13.1. The fourth-order valence-corrected chi connectivity index (χ4v) is 4.06. The highest BCUT2D eigenvalue weighted by Crippen LogP contribution is 2.31. The maximum absolute atomic E-state index is 12.1.